The number of aryl methyl sites for hydroxylation is 1. The van der Waals surface area contributed by atoms with Gasteiger partial charge in [0.15, 0.2) is 0 Å². The topological polar surface area (TPSA) is 129 Å². The van der Waals surface area contributed by atoms with Gasteiger partial charge in [-0.05, 0) is 76.0 Å². The molecule has 0 spiro atoms. The monoisotopic (exact) mass is 555 g/mol. The molecule has 0 saturated heterocycles. The number of rotatable bonds is 9. The maximum atomic E-state index is 13.6. The summed E-state index contributed by atoms with van der Waals surface area (Å²) in [6, 6.07) is 4.14. The number of amides is 2. The van der Waals surface area contributed by atoms with E-state index in [-0.39, 0.29) is 29.5 Å². The molecule has 0 radical (unpaired) electrons. The maximum absolute atomic E-state index is 13.6. The SMILES string of the molecule is Cc1[nH]c2c(-c3cc(C(F)F)ccc3OCC3CC3)ncnc2c1C(=O)N[C@@H]1CC[C@@H](NC(=O)[C@H](C)O)C[C@H]1C. The van der Waals surface area contributed by atoms with Crippen LogP contribution in [0.3, 0.4) is 0 Å². The van der Waals surface area contributed by atoms with Gasteiger partial charge in [0.2, 0.25) is 5.91 Å². The quantitative estimate of drug-likeness (QED) is 0.309. The van der Waals surface area contributed by atoms with E-state index < -0.39 is 18.4 Å². The van der Waals surface area contributed by atoms with Crippen molar-refractivity contribution >= 4 is 22.8 Å². The van der Waals surface area contributed by atoms with Crippen LogP contribution < -0.4 is 15.4 Å². The third kappa shape index (κ3) is 5.94. The lowest BCUT2D eigenvalue weighted by Gasteiger charge is -2.35. The highest BCUT2D eigenvalue weighted by Gasteiger charge is 2.32. The number of nitrogens with zero attached hydrogens (tertiary/aromatic N) is 2. The van der Waals surface area contributed by atoms with Crippen LogP contribution in [0.1, 0.15) is 74.0 Å². The van der Waals surface area contributed by atoms with Crippen LogP contribution in [0.2, 0.25) is 0 Å². The standard InChI is InChI=1S/C29H35F2N5O4/c1-14-10-19(35-28(38)16(3)37)7-8-21(14)36-29(39)23-15(2)34-26-24(32-13-33-25(23)26)20-11-18(27(30)31)6-9-22(20)40-12-17-4-5-17/h6,9,11,13-14,16-17,19,21,27,34,37H,4-5,7-8,10,12H2,1-3H3,(H,35,38)(H,36,39)/t14-,16+,19-,21-/m1/s1. The number of benzene rings is 1. The van der Waals surface area contributed by atoms with Crippen LogP contribution in [0.15, 0.2) is 24.5 Å². The number of fused-ring (bicyclic) bond motifs is 1. The molecule has 2 fully saturated rings. The second-order valence-corrected chi connectivity index (χ2v) is 11.1. The van der Waals surface area contributed by atoms with E-state index in [1.54, 1.807) is 13.0 Å². The molecule has 0 bridgehead atoms. The highest BCUT2D eigenvalue weighted by Crippen LogP contribution is 2.38. The van der Waals surface area contributed by atoms with Crippen molar-refractivity contribution in [3.63, 3.8) is 0 Å². The third-order valence-corrected chi connectivity index (χ3v) is 7.89. The van der Waals surface area contributed by atoms with E-state index in [4.69, 9.17) is 4.74 Å². The van der Waals surface area contributed by atoms with Gasteiger partial charge in [0.25, 0.3) is 12.3 Å². The Hall–Kier alpha value is -3.60. The summed E-state index contributed by atoms with van der Waals surface area (Å²) < 4.78 is 33.2. The van der Waals surface area contributed by atoms with Crippen LogP contribution in [0.25, 0.3) is 22.3 Å². The van der Waals surface area contributed by atoms with Gasteiger partial charge in [0, 0.05) is 28.9 Å². The molecule has 2 amide bonds. The highest BCUT2D eigenvalue weighted by molar-refractivity contribution is 6.09. The van der Waals surface area contributed by atoms with Crippen LogP contribution in [0.4, 0.5) is 8.78 Å². The minimum Gasteiger partial charge on any atom is -0.493 e. The van der Waals surface area contributed by atoms with E-state index in [0.29, 0.717) is 71.1 Å². The highest BCUT2D eigenvalue weighted by atomic mass is 19.3. The van der Waals surface area contributed by atoms with E-state index in [0.717, 1.165) is 12.8 Å². The Kier molecular flexibility index (Phi) is 8.02. The van der Waals surface area contributed by atoms with Gasteiger partial charge in [-0.2, -0.15) is 0 Å². The van der Waals surface area contributed by atoms with Crippen molar-refractivity contribution in [1.29, 1.82) is 0 Å². The van der Waals surface area contributed by atoms with Gasteiger partial charge in [-0.3, -0.25) is 9.59 Å². The molecule has 9 nitrogen and oxygen atoms in total. The fraction of sp³-hybridized carbons (Fsp3) is 0.517. The first-order valence-corrected chi connectivity index (χ1v) is 13.8. The number of alkyl halides is 2. The number of aromatic nitrogens is 3. The molecule has 0 unspecified atom stereocenters. The number of hydrogen-bond donors (Lipinski definition) is 4. The first-order valence-electron chi connectivity index (χ1n) is 13.8. The van der Waals surface area contributed by atoms with Gasteiger partial charge in [0.05, 0.1) is 17.7 Å². The minimum atomic E-state index is -2.65. The molecule has 2 aromatic heterocycles. The Balaban J connectivity index is 1.40. The lowest BCUT2D eigenvalue weighted by Crippen LogP contribution is -2.49. The third-order valence-electron chi connectivity index (χ3n) is 7.89. The van der Waals surface area contributed by atoms with E-state index in [1.807, 2.05) is 6.92 Å². The number of aliphatic hydroxyl groups excluding tert-OH is 1. The lowest BCUT2D eigenvalue weighted by atomic mass is 9.82. The predicted molar refractivity (Wildman–Crippen MR) is 145 cm³/mol. The first-order chi connectivity index (χ1) is 19.1. The number of carbonyl (C=O) groups excluding carboxylic acids is 2. The van der Waals surface area contributed by atoms with E-state index in [2.05, 4.69) is 25.6 Å². The number of halogens is 2. The molecule has 11 heteroatoms. The van der Waals surface area contributed by atoms with E-state index in [9.17, 15) is 23.5 Å². The van der Waals surface area contributed by atoms with Crippen LogP contribution in [-0.2, 0) is 4.79 Å². The summed E-state index contributed by atoms with van der Waals surface area (Å²) in [6.07, 6.45) is 1.81. The van der Waals surface area contributed by atoms with Crippen molar-refractivity contribution in [2.45, 2.75) is 77.5 Å². The number of H-pyrrole nitrogens is 1. The van der Waals surface area contributed by atoms with Crippen LogP contribution in [0, 0.1) is 18.8 Å². The molecular weight excluding hydrogens is 520 g/mol. The number of nitrogens with one attached hydrogen (secondary N) is 3. The van der Waals surface area contributed by atoms with E-state index >= 15 is 0 Å². The predicted octanol–water partition coefficient (Wildman–Crippen LogP) is 4.44. The van der Waals surface area contributed by atoms with Crippen molar-refractivity contribution < 1.29 is 28.2 Å². The zero-order chi connectivity index (χ0) is 28.6. The summed E-state index contributed by atoms with van der Waals surface area (Å²) in [4.78, 5) is 37.4. The first kappa shape index (κ1) is 27.9. The smallest absolute Gasteiger partial charge is 0.263 e. The summed E-state index contributed by atoms with van der Waals surface area (Å²) in [5.41, 5.74) is 2.52. The van der Waals surface area contributed by atoms with Crippen molar-refractivity contribution in [3.8, 4) is 17.0 Å². The lowest BCUT2D eigenvalue weighted by molar-refractivity contribution is -0.129. The zero-order valence-corrected chi connectivity index (χ0v) is 22.8. The maximum Gasteiger partial charge on any atom is 0.263 e. The normalized spacial score (nSPS) is 21.8. The second-order valence-electron chi connectivity index (χ2n) is 11.1. The van der Waals surface area contributed by atoms with Gasteiger partial charge in [-0.1, -0.05) is 6.92 Å². The zero-order valence-electron chi connectivity index (χ0n) is 22.8. The molecule has 3 aromatic rings. The number of hydrogen-bond acceptors (Lipinski definition) is 6. The van der Waals surface area contributed by atoms with Gasteiger partial charge in [0.1, 0.15) is 29.4 Å². The molecular formula is C29H35F2N5O4. The summed E-state index contributed by atoms with van der Waals surface area (Å²) in [5, 5.41) is 15.5. The number of aliphatic hydroxyl groups is 1. The van der Waals surface area contributed by atoms with Gasteiger partial charge in [-0.15, -0.1) is 0 Å². The van der Waals surface area contributed by atoms with Gasteiger partial charge >= 0.3 is 0 Å². The Bertz CT molecular complexity index is 1400. The molecule has 2 heterocycles. The number of aromatic amines is 1. The molecule has 40 heavy (non-hydrogen) atoms. The molecule has 4 N–H and O–H groups in total. The second kappa shape index (κ2) is 11.5. The number of carbonyl (C=O) groups is 2. The summed E-state index contributed by atoms with van der Waals surface area (Å²) in [5.74, 6) is 0.342. The van der Waals surface area contributed by atoms with Crippen molar-refractivity contribution in [2.24, 2.45) is 11.8 Å². The molecule has 214 valence electrons. The van der Waals surface area contributed by atoms with Crippen molar-refractivity contribution in [1.82, 2.24) is 25.6 Å². The van der Waals surface area contributed by atoms with Gasteiger partial charge < -0.3 is 25.5 Å². The Morgan fingerprint density at radius 2 is 1.95 bits per heavy atom. The van der Waals surface area contributed by atoms with Crippen molar-refractivity contribution in [3.05, 3.63) is 41.3 Å². The van der Waals surface area contributed by atoms with E-state index in [1.165, 1.54) is 25.4 Å². The van der Waals surface area contributed by atoms with Crippen LogP contribution in [-0.4, -0.2) is 56.7 Å². The molecule has 5 rings (SSSR count). The molecule has 2 saturated carbocycles. The molecule has 4 atom stereocenters. The van der Waals surface area contributed by atoms with Crippen LogP contribution in [0.5, 0.6) is 5.75 Å². The average Bonchev–Trinajstić information content (AvgIpc) is 3.68. The average molecular weight is 556 g/mol. The minimum absolute atomic E-state index is 0.0595. The van der Waals surface area contributed by atoms with Crippen LogP contribution >= 0.6 is 0 Å². The Labute approximate surface area is 231 Å². The van der Waals surface area contributed by atoms with Gasteiger partial charge in [-0.25, -0.2) is 18.7 Å². The largest absolute Gasteiger partial charge is 0.493 e. The Morgan fingerprint density at radius 1 is 1.18 bits per heavy atom. The molecule has 2 aliphatic rings. The Morgan fingerprint density at radius 3 is 2.62 bits per heavy atom. The number of ether oxygens (including phenoxy) is 1. The molecule has 1 aromatic carbocycles. The van der Waals surface area contributed by atoms with Crippen molar-refractivity contribution in [2.75, 3.05) is 6.61 Å². The molecule has 2 aliphatic carbocycles. The fourth-order valence-electron chi connectivity index (χ4n) is 5.39. The fourth-order valence-corrected chi connectivity index (χ4v) is 5.39. The molecule has 0 aliphatic heterocycles. The summed E-state index contributed by atoms with van der Waals surface area (Å²) >= 11 is 0. The summed E-state index contributed by atoms with van der Waals surface area (Å²) in [6.45, 7) is 5.73. The summed E-state index contributed by atoms with van der Waals surface area (Å²) in [7, 11) is 0.